The Balaban J connectivity index is 2.19. The second-order valence-electron chi connectivity index (χ2n) is 7.27. The standard InChI is InChI=1S/C15H24O3S/c1-9-10(2)15(6)12-8-18-19(16)17-7-11(12)14(9,5)13(15,3)4/h11-12H,7-8H2,1-6H3. The third-order valence-electron chi connectivity index (χ3n) is 7.37. The SMILES string of the molecule is CC1=C(C)C2(C)C3COS(=O)OCC3C1(C)C2(C)C. The van der Waals surface area contributed by atoms with E-state index in [1.54, 1.807) is 0 Å². The maximum atomic E-state index is 11.5. The molecular formula is C15H24O3S. The zero-order chi connectivity index (χ0) is 14.2. The van der Waals surface area contributed by atoms with Gasteiger partial charge < -0.3 is 0 Å². The van der Waals surface area contributed by atoms with E-state index >= 15 is 0 Å². The molecule has 1 saturated carbocycles. The van der Waals surface area contributed by atoms with Gasteiger partial charge in [0.1, 0.15) is 0 Å². The second kappa shape index (κ2) is 3.71. The van der Waals surface area contributed by atoms with Crippen LogP contribution in [0.25, 0.3) is 0 Å². The zero-order valence-electron chi connectivity index (χ0n) is 12.7. The molecule has 2 fully saturated rings. The summed E-state index contributed by atoms with van der Waals surface area (Å²) >= 11 is -1.57. The van der Waals surface area contributed by atoms with Crippen molar-refractivity contribution in [2.75, 3.05) is 13.2 Å². The van der Waals surface area contributed by atoms with Gasteiger partial charge in [0, 0.05) is 0 Å². The normalized spacial score (nSPS) is 52.2. The van der Waals surface area contributed by atoms with Crippen molar-refractivity contribution in [3.05, 3.63) is 11.1 Å². The Morgan fingerprint density at radius 3 is 1.68 bits per heavy atom. The summed E-state index contributed by atoms with van der Waals surface area (Å²) in [7, 11) is 0. The molecular weight excluding hydrogens is 260 g/mol. The van der Waals surface area contributed by atoms with Gasteiger partial charge in [-0.05, 0) is 41.9 Å². The molecule has 0 aromatic heterocycles. The summed E-state index contributed by atoms with van der Waals surface area (Å²) in [6.45, 7) is 15.1. The van der Waals surface area contributed by atoms with Gasteiger partial charge >= 0.3 is 11.4 Å². The van der Waals surface area contributed by atoms with Crippen LogP contribution in [0.15, 0.2) is 11.1 Å². The highest BCUT2D eigenvalue weighted by Crippen LogP contribution is 2.78. The molecule has 4 heteroatoms. The lowest BCUT2D eigenvalue weighted by atomic mass is 9.61. The van der Waals surface area contributed by atoms with Gasteiger partial charge in [0.05, 0.1) is 13.2 Å². The first-order valence-electron chi connectivity index (χ1n) is 7.05. The van der Waals surface area contributed by atoms with Crippen LogP contribution in [-0.4, -0.2) is 17.4 Å². The molecule has 1 heterocycles. The maximum absolute atomic E-state index is 11.5. The van der Waals surface area contributed by atoms with Crippen LogP contribution in [0, 0.1) is 28.1 Å². The van der Waals surface area contributed by atoms with E-state index in [2.05, 4.69) is 41.5 Å². The Morgan fingerprint density at radius 1 is 0.947 bits per heavy atom. The van der Waals surface area contributed by atoms with Crippen molar-refractivity contribution in [3.8, 4) is 0 Å². The molecule has 0 N–H and O–H groups in total. The molecule has 0 radical (unpaired) electrons. The van der Waals surface area contributed by atoms with E-state index < -0.39 is 11.4 Å². The van der Waals surface area contributed by atoms with Crippen LogP contribution in [0.5, 0.6) is 0 Å². The summed E-state index contributed by atoms with van der Waals surface area (Å²) in [6.07, 6.45) is 0. The van der Waals surface area contributed by atoms with Gasteiger partial charge in [0.25, 0.3) is 0 Å². The molecule has 3 aliphatic rings. The Labute approximate surface area is 118 Å². The molecule has 2 aliphatic carbocycles. The van der Waals surface area contributed by atoms with E-state index in [1.807, 2.05) is 0 Å². The molecule has 0 aromatic carbocycles. The molecule has 0 amide bonds. The molecule has 2 bridgehead atoms. The average Bonchev–Trinajstić information content (AvgIpc) is 2.54. The summed E-state index contributed by atoms with van der Waals surface area (Å²) < 4.78 is 22.3. The van der Waals surface area contributed by atoms with Gasteiger partial charge in [0.15, 0.2) is 0 Å². The van der Waals surface area contributed by atoms with Crippen molar-refractivity contribution in [3.63, 3.8) is 0 Å². The molecule has 3 nitrogen and oxygen atoms in total. The summed E-state index contributed by atoms with van der Waals surface area (Å²) in [5.41, 5.74) is 3.38. The fourth-order valence-corrected chi connectivity index (χ4v) is 5.98. The first kappa shape index (κ1) is 13.8. The topological polar surface area (TPSA) is 35.5 Å². The first-order valence-corrected chi connectivity index (χ1v) is 8.05. The number of hydrogen-bond donors (Lipinski definition) is 0. The van der Waals surface area contributed by atoms with Crippen molar-refractivity contribution in [2.24, 2.45) is 28.1 Å². The lowest BCUT2D eigenvalue weighted by molar-refractivity contribution is 0.0710. The van der Waals surface area contributed by atoms with Crippen molar-refractivity contribution in [1.82, 2.24) is 0 Å². The minimum Gasteiger partial charge on any atom is -0.268 e. The predicted octanol–water partition coefficient (Wildman–Crippen LogP) is 3.25. The van der Waals surface area contributed by atoms with Crippen LogP contribution in [0.4, 0.5) is 0 Å². The molecule has 0 aromatic rings. The minimum absolute atomic E-state index is 0.106. The number of allylic oxidation sites excluding steroid dienone is 2. The molecule has 1 aliphatic heterocycles. The van der Waals surface area contributed by atoms with Gasteiger partial charge in [-0.3, -0.25) is 8.37 Å². The van der Waals surface area contributed by atoms with Crippen molar-refractivity contribution in [1.29, 1.82) is 0 Å². The van der Waals surface area contributed by atoms with Crippen molar-refractivity contribution >= 4 is 11.4 Å². The lowest BCUT2D eigenvalue weighted by Gasteiger charge is -2.43. The van der Waals surface area contributed by atoms with Crippen molar-refractivity contribution < 1.29 is 12.6 Å². The summed E-state index contributed by atoms with van der Waals surface area (Å²) in [5, 5.41) is 0. The Bertz CT molecular complexity index is 456. The Morgan fingerprint density at radius 2 is 1.32 bits per heavy atom. The van der Waals surface area contributed by atoms with Crippen LogP contribution < -0.4 is 0 Å². The first-order chi connectivity index (χ1) is 8.69. The van der Waals surface area contributed by atoms with E-state index in [0.717, 1.165) is 0 Å². The Hall–Kier alpha value is -0.190. The highest BCUT2D eigenvalue weighted by Gasteiger charge is 2.73. The molecule has 108 valence electrons. The molecule has 4 atom stereocenters. The Kier molecular flexibility index (Phi) is 2.69. The van der Waals surface area contributed by atoms with Crippen molar-refractivity contribution in [2.45, 2.75) is 41.5 Å². The molecule has 0 spiro atoms. The van der Waals surface area contributed by atoms with Crippen LogP contribution in [0.2, 0.25) is 0 Å². The zero-order valence-corrected chi connectivity index (χ0v) is 13.5. The molecule has 19 heavy (non-hydrogen) atoms. The molecule has 1 saturated heterocycles. The summed E-state index contributed by atoms with van der Waals surface area (Å²) in [6, 6.07) is 0. The second-order valence-corrected chi connectivity index (χ2v) is 8.15. The van der Waals surface area contributed by atoms with Crippen LogP contribution in [0.3, 0.4) is 0 Å². The van der Waals surface area contributed by atoms with E-state index in [-0.39, 0.29) is 16.2 Å². The summed E-state index contributed by atoms with van der Waals surface area (Å²) in [4.78, 5) is 0. The monoisotopic (exact) mass is 284 g/mol. The van der Waals surface area contributed by atoms with E-state index in [4.69, 9.17) is 8.37 Å². The van der Waals surface area contributed by atoms with Gasteiger partial charge in [0.2, 0.25) is 0 Å². The van der Waals surface area contributed by atoms with Gasteiger partial charge in [-0.2, -0.15) is 4.21 Å². The third kappa shape index (κ3) is 1.24. The maximum Gasteiger partial charge on any atom is 0.304 e. The number of fused-ring (bicyclic) bond motifs is 5. The highest BCUT2D eigenvalue weighted by molar-refractivity contribution is 7.75. The molecule has 3 rings (SSSR count). The van der Waals surface area contributed by atoms with Crippen LogP contribution in [0.1, 0.15) is 41.5 Å². The fourth-order valence-electron chi connectivity index (χ4n) is 5.40. The number of hydrogen-bond acceptors (Lipinski definition) is 3. The minimum atomic E-state index is -1.57. The number of rotatable bonds is 0. The largest absolute Gasteiger partial charge is 0.304 e. The van der Waals surface area contributed by atoms with Crippen LogP contribution in [-0.2, 0) is 19.7 Å². The average molecular weight is 284 g/mol. The smallest absolute Gasteiger partial charge is 0.268 e. The lowest BCUT2D eigenvalue weighted by Crippen LogP contribution is -2.38. The highest BCUT2D eigenvalue weighted by atomic mass is 32.2. The van der Waals surface area contributed by atoms with Crippen LogP contribution >= 0.6 is 0 Å². The predicted molar refractivity (Wildman–Crippen MR) is 75.4 cm³/mol. The van der Waals surface area contributed by atoms with E-state index in [0.29, 0.717) is 25.0 Å². The summed E-state index contributed by atoms with van der Waals surface area (Å²) in [5.74, 6) is 0.783. The van der Waals surface area contributed by atoms with E-state index in [1.165, 1.54) is 11.1 Å². The van der Waals surface area contributed by atoms with Gasteiger partial charge in [-0.15, -0.1) is 0 Å². The van der Waals surface area contributed by atoms with Gasteiger partial charge in [-0.25, -0.2) is 0 Å². The molecule has 4 unspecified atom stereocenters. The fraction of sp³-hybridized carbons (Fsp3) is 0.867. The van der Waals surface area contributed by atoms with Gasteiger partial charge in [-0.1, -0.05) is 38.8 Å². The van der Waals surface area contributed by atoms with E-state index in [9.17, 15) is 4.21 Å². The quantitative estimate of drug-likeness (QED) is 0.641. The third-order valence-corrected chi connectivity index (χ3v) is 8.03.